The highest BCUT2D eigenvalue weighted by atomic mass is 32.2. The van der Waals surface area contributed by atoms with Crippen LogP contribution in [0.3, 0.4) is 0 Å². The summed E-state index contributed by atoms with van der Waals surface area (Å²) in [6.07, 6.45) is 2.71. The zero-order chi connectivity index (χ0) is 9.47. The predicted octanol–water partition coefficient (Wildman–Crippen LogP) is -0.193. The number of amides is 1. The molecule has 0 radical (unpaired) electrons. The minimum Gasteiger partial charge on any atom is -0.323 e. The third kappa shape index (κ3) is 1.29. The topological polar surface area (TPSA) is 76.1 Å². The van der Waals surface area contributed by atoms with Gasteiger partial charge >= 0.3 is 0 Å². The maximum atomic E-state index is 11.4. The number of aromatic nitrogens is 1. The first kappa shape index (κ1) is 8.18. The first-order chi connectivity index (χ1) is 6.09. The van der Waals surface area contributed by atoms with Gasteiger partial charge in [-0.3, -0.25) is 9.78 Å². The molecule has 0 aromatic carbocycles. The summed E-state index contributed by atoms with van der Waals surface area (Å²) < 4.78 is 22.8. The zero-order valence-corrected chi connectivity index (χ0v) is 7.34. The van der Waals surface area contributed by atoms with E-state index in [4.69, 9.17) is 0 Å². The molecule has 0 bridgehead atoms. The fraction of sp³-hybridized carbons (Fsp3) is 0.143. The van der Waals surface area contributed by atoms with Gasteiger partial charge in [0.15, 0.2) is 9.84 Å². The summed E-state index contributed by atoms with van der Waals surface area (Å²) in [6, 6.07) is 1.38. The van der Waals surface area contributed by atoms with Crippen molar-refractivity contribution in [1.82, 2.24) is 4.98 Å². The van der Waals surface area contributed by atoms with E-state index in [1.54, 1.807) is 0 Å². The highest BCUT2D eigenvalue weighted by Crippen LogP contribution is 2.24. The molecule has 1 amide bonds. The van der Waals surface area contributed by atoms with Gasteiger partial charge in [-0.15, -0.1) is 0 Å². The SMILES string of the molecule is O=C1CS(=O)(=O)c2ccncc2N1. The number of anilines is 1. The molecule has 2 rings (SSSR count). The normalized spacial score (nSPS) is 18.9. The maximum absolute atomic E-state index is 11.4. The molecule has 0 fully saturated rings. The summed E-state index contributed by atoms with van der Waals surface area (Å²) in [5.74, 6) is -0.996. The Kier molecular flexibility index (Phi) is 1.59. The van der Waals surface area contributed by atoms with Crippen LogP contribution in [0.2, 0.25) is 0 Å². The van der Waals surface area contributed by atoms with Crippen molar-refractivity contribution in [3.05, 3.63) is 18.5 Å². The van der Waals surface area contributed by atoms with Crippen molar-refractivity contribution < 1.29 is 13.2 Å². The largest absolute Gasteiger partial charge is 0.323 e. The van der Waals surface area contributed by atoms with Crippen LogP contribution in [-0.2, 0) is 14.6 Å². The second-order valence-corrected chi connectivity index (χ2v) is 4.64. The molecule has 13 heavy (non-hydrogen) atoms. The van der Waals surface area contributed by atoms with Gasteiger partial charge in [0.2, 0.25) is 5.91 Å². The molecule has 0 saturated carbocycles. The van der Waals surface area contributed by atoms with Crippen LogP contribution in [0.15, 0.2) is 23.4 Å². The summed E-state index contributed by atoms with van der Waals surface area (Å²) in [6.45, 7) is 0. The summed E-state index contributed by atoms with van der Waals surface area (Å²) in [7, 11) is -3.44. The van der Waals surface area contributed by atoms with Crippen molar-refractivity contribution in [1.29, 1.82) is 0 Å². The van der Waals surface area contributed by atoms with Crippen LogP contribution in [-0.4, -0.2) is 25.1 Å². The van der Waals surface area contributed by atoms with E-state index in [1.807, 2.05) is 0 Å². The van der Waals surface area contributed by atoms with E-state index >= 15 is 0 Å². The number of nitrogens with one attached hydrogen (secondary N) is 1. The van der Waals surface area contributed by atoms with E-state index in [9.17, 15) is 13.2 Å². The van der Waals surface area contributed by atoms with E-state index in [2.05, 4.69) is 10.3 Å². The molecule has 0 aliphatic carbocycles. The number of sulfone groups is 1. The number of nitrogens with zero attached hydrogens (tertiary/aromatic N) is 1. The van der Waals surface area contributed by atoms with Crippen LogP contribution in [0.5, 0.6) is 0 Å². The Bertz CT molecular complexity index is 466. The Morgan fingerprint density at radius 1 is 1.46 bits per heavy atom. The molecule has 6 heteroatoms. The van der Waals surface area contributed by atoms with Crippen molar-refractivity contribution in [2.45, 2.75) is 4.90 Å². The van der Waals surface area contributed by atoms with Crippen LogP contribution in [0.1, 0.15) is 0 Å². The quantitative estimate of drug-likeness (QED) is 0.626. The monoisotopic (exact) mass is 198 g/mol. The highest BCUT2D eigenvalue weighted by molar-refractivity contribution is 7.92. The first-order valence-electron chi connectivity index (χ1n) is 3.56. The Labute approximate surface area is 74.7 Å². The number of carbonyl (C=O) groups is 1. The molecule has 1 N–H and O–H groups in total. The molecule has 1 aromatic heterocycles. The average Bonchev–Trinajstić information content (AvgIpc) is 2.02. The molecular formula is C7H6N2O3S. The summed E-state index contributed by atoms with van der Waals surface area (Å²) in [4.78, 5) is 14.8. The minimum atomic E-state index is -3.44. The van der Waals surface area contributed by atoms with Gasteiger partial charge in [0, 0.05) is 6.20 Å². The zero-order valence-electron chi connectivity index (χ0n) is 6.52. The van der Waals surface area contributed by atoms with Gasteiger partial charge in [0.05, 0.1) is 16.8 Å². The van der Waals surface area contributed by atoms with Crippen LogP contribution in [0.4, 0.5) is 5.69 Å². The lowest BCUT2D eigenvalue weighted by molar-refractivity contribution is -0.114. The molecule has 5 nitrogen and oxygen atoms in total. The molecule has 2 heterocycles. The van der Waals surface area contributed by atoms with Crippen LogP contribution < -0.4 is 5.32 Å². The lowest BCUT2D eigenvalue weighted by atomic mass is 10.4. The van der Waals surface area contributed by atoms with Crippen molar-refractivity contribution >= 4 is 21.4 Å². The van der Waals surface area contributed by atoms with Crippen molar-refractivity contribution in [2.24, 2.45) is 0 Å². The maximum Gasteiger partial charge on any atom is 0.240 e. The van der Waals surface area contributed by atoms with Crippen LogP contribution in [0, 0.1) is 0 Å². The van der Waals surface area contributed by atoms with E-state index in [-0.39, 0.29) is 10.6 Å². The van der Waals surface area contributed by atoms with E-state index in [0.29, 0.717) is 0 Å². The lowest BCUT2D eigenvalue weighted by Crippen LogP contribution is -2.29. The minimum absolute atomic E-state index is 0.141. The van der Waals surface area contributed by atoms with Crippen LogP contribution >= 0.6 is 0 Å². The van der Waals surface area contributed by atoms with Crippen molar-refractivity contribution in [2.75, 3.05) is 11.1 Å². The Morgan fingerprint density at radius 2 is 2.23 bits per heavy atom. The molecule has 0 atom stereocenters. The van der Waals surface area contributed by atoms with E-state index in [1.165, 1.54) is 18.5 Å². The summed E-state index contributed by atoms with van der Waals surface area (Å²) in [5, 5.41) is 2.43. The Balaban J connectivity index is 2.70. The number of rotatable bonds is 0. The number of fused-ring (bicyclic) bond motifs is 1. The molecule has 0 spiro atoms. The fourth-order valence-corrected chi connectivity index (χ4v) is 2.46. The molecule has 0 unspecified atom stereocenters. The molecule has 0 saturated heterocycles. The highest BCUT2D eigenvalue weighted by Gasteiger charge is 2.28. The molecule has 68 valence electrons. The van der Waals surface area contributed by atoms with Crippen LogP contribution in [0.25, 0.3) is 0 Å². The third-order valence-electron chi connectivity index (χ3n) is 1.71. The number of pyridine rings is 1. The second-order valence-electron chi connectivity index (χ2n) is 2.68. The number of carbonyl (C=O) groups excluding carboxylic acids is 1. The predicted molar refractivity (Wildman–Crippen MR) is 44.9 cm³/mol. The smallest absolute Gasteiger partial charge is 0.240 e. The second kappa shape index (κ2) is 2.53. The third-order valence-corrected chi connectivity index (χ3v) is 3.38. The summed E-state index contributed by atoms with van der Waals surface area (Å²) in [5.41, 5.74) is 0.263. The van der Waals surface area contributed by atoms with E-state index in [0.717, 1.165) is 0 Å². The van der Waals surface area contributed by atoms with Gasteiger partial charge in [-0.2, -0.15) is 0 Å². The first-order valence-corrected chi connectivity index (χ1v) is 5.21. The van der Waals surface area contributed by atoms with Gasteiger partial charge in [0.25, 0.3) is 0 Å². The summed E-state index contributed by atoms with van der Waals surface area (Å²) >= 11 is 0. The molecule has 1 aromatic rings. The lowest BCUT2D eigenvalue weighted by Gasteiger charge is -2.15. The molecule has 1 aliphatic rings. The molecular weight excluding hydrogens is 192 g/mol. The average molecular weight is 198 g/mol. The number of hydrogen-bond acceptors (Lipinski definition) is 4. The van der Waals surface area contributed by atoms with Crippen molar-refractivity contribution in [3.63, 3.8) is 0 Å². The van der Waals surface area contributed by atoms with Gasteiger partial charge < -0.3 is 5.32 Å². The fourth-order valence-electron chi connectivity index (χ4n) is 1.18. The Hall–Kier alpha value is -1.43. The Morgan fingerprint density at radius 3 is 3.00 bits per heavy atom. The number of hydrogen-bond donors (Lipinski definition) is 1. The standard InChI is InChI=1S/C7H6N2O3S/c10-7-4-13(11,12)6-1-2-8-3-5(6)9-7/h1-3H,4H2,(H,9,10). The van der Waals surface area contributed by atoms with Gasteiger partial charge in [0.1, 0.15) is 5.75 Å². The van der Waals surface area contributed by atoms with Gasteiger partial charge in [-0.05, 0) is 6.07 Å². The molecule has 1 aliphatic heterocycles. The van der Waals surface area contributed by atoms with Gasteiger partial charge in [-0.1, -0.05) is 0 Å². The van der Waals surface area contributed by atoms with Crippen molar-refractivity contribution in [3.8, 4) is 0 Å². The van der Waals surface area contributed by atoms with Gasteiger partial charge in [-0.25, -0.2) is 8.42 Å². The van der Waals surface area contributed by atoms with E-state index < -0.39 is 21.5 Å².